The number of aromatic nitrogens is 1. The van der Waals surface area contributed by atoms with Crippen LogP contribution in [0.1, 0.15) is 6.92 Å². The number of carbonyl (C=O) groups is 1. The molecular formula is C8H11N3O2. The predicted octanol–water partition coefficient (Wildman–Crippen LogP) is 1.23. The first kappa shape index (κ1) is 9.31. The van der Waals surface area contributed by atoms with Crippen molar-refractivity contribution in [3.63, 3.8) is 0 Å². The van der Waals surface area contributed by atoms with Crippen molar-refractivity contribution in [1.82, 2.24) is 4.98 Å². The number of nitrogen functional groups attached to an aromatic ring is 1. The first-order valence-electron chi connectivity index (χ1n) is 3.87. The summed E-state index contributed by atoms with van der Waals surface area (Å²) in [5, 5.41) is 2.49. The Morgan fingerprint density at radius 1 is 1.69 bits per heavy atom. The third-order valence-electron chi connectivity index (χ3n) is 1.31. The molecule has 0 saturated carbocycles. The zero-order valence-corrected chi connectivity index (χ0v) is 7.28. The van der Waals surface area contributed by atoms with Crippen LogP contribution in [-0.4, -0.2) is 17.7 Å². The summed E-state index contributed by atoms with van der Waals surface area (Å²) in [6.45, 7) is 2.08. The van der Waals surface area contributed by atoms with E-state index in [1.165, 1.54) is 6.20 Å². The van der Waals surface area contributed by atoms with Crippen molar-refractivity contribution in [2.24, 2.45) is 0 Å². The van der Waals surface area contributed by atoms with Gasteiger partial charge in [-0.25, -0.2) is 9.78 Å². The van der Waals surface area contributed by atoms with Gasteiger partial charge >= 0.3 is 6.09 Å². The van der Waals surface area contributed by atoms with Crippen LogP contribution in [0, 0.1) is 0 Å². The molecule has 0 bridgehead atoms. The largest absolute Gasteiger partial charge is 0.450 e. The molecule has 0 aliphatic heterocycles. The molecule has 13 heavy (non-hydrogen) atoms. The summed E-state index contributed by atoms with van der Waals surface area (Å²) in [6.07, 6.45) is 0.973. The summed E-state index contributed by atoms with van der Waals surface area (Å²) in [6, 6.07) is 3.25. The molecule has 1 heterocycles. The fraction of sp³-hybridized carbons (Fsp3) is 0.250. The summed E-state index contributed by atoms with van der Waals surface area (Å²) in [5.41, 5.74) is 5.92. The van der Waals surface area contributed by atoms with Crippen LogP contribution in [0.5, 0.6) is 0 Å². The van der Waals surface area contributed by atoms with E-state index in [1.807, 2.05) is 0 Å². The molecule has 0 aliphatic carbocycles. The van der Waals surface area contributed by atoms with Crippen LogP contribution < -0.4 is 11.1 Å². The average Bonchev–Trinajstić information content (AvgIpc) is 2.09. The van der Waals surface area contributed by atoms with Gasteiger partial charge in [0.2, 0.25) is 0 Å². The number of pyridine rings is 1. The predicted molar refractivity (Wildman–Crippen MR) is 49.3 cm³/mol. The molecule has 1 aromatic heterocycles. The normalized spacial score (nSPS) is 9.31. The molecule has 5 nitrogen and oxygen atoms in total. The number of hydrogen-bond donors (Lipinski definition) is 2. The summed E-state index contributed by atoms with van der Waals surface area (Å²) >= 11 is 0. The maximum atomic E-state index is 10.9. The highest BCUT2D eigenvalue weighted by atomic mass is 16.5. The standard InChI is InChI=1S/C8H11N3O2/c1-2-13-8(12)11-6-3-4-7(9)10-5-6/h3-5H,2H2,1H3,(H2,9,10)(H,11,12). The maximum absolute atomic E-state index is 10.9. The lowest BCUT2D eigenvalue weighted by Crippen LogP contribution is -2.13. The minimum absolute atomic E-state index is 0.342. The zero-order valence-electron chi connectivity index (χ0n) is 7.28. The molecule has 0 radical (unpaired) electrons. The highest BCUT2D eigenvalue weighted by molar-refractivity contribution is 5.84. The summed E-state index contributed by atoms with van der Waals surface area (Å²) in [5.74, 6) is 0.411. The SMILES string of the molecule is CCOC(=O)Nc1ccc(N)nc1. The van der Waals surface area contributed by atoms with Crippen molar-refractivity contribution in [3.8, 4) is 0 Å². The molecule has 1 rings (SSSR count). The van der Waals surface area contributed by atoms with Gasteiger partial charge in [-0.3, -0.25) is 5.32 Å². The van der Waals surface area contributed by atoms with Crippen LogP contribution >= 0.6 is 0 Å². The Bertz CT molecular complexity index is 284. The van der Waals surface area contributed by atoms with Gasteiger partial charge in [0.05, 0.1) is 18.5 Å². The number of nitrogens with two attached hydrogens (primary N) is 1. The van der Waals surface area contributed by atoms with Gasteiger partial charge in [-0.2, -0.15) is 0 Å². The van der Waals surface area contributed by atoms with E-state index in [0.29, 0.717) is 18.1 Å². The number of carbonyl (C=O) groups excluding carboxylic acids is 1. The number of rotatable bonds is 2. The van der Waals surface area contributed by atoms with E-state index >= 15 is 0 Å². The third-order valence-corrected chi connectivity index (χ3v) is 1.31. The molecule has 0 aromatic carbocycles. The van der Waals surface area contributed by atoms with E-state index in [4.69, 9.17) is 5.73 Å². The average molecular weight is 181 g/mol. The van der Waals surface area contributed by atoms with Crippen LogP contribution in [-0.2, 0) is 4.74 Å². The minimum Gasteiger partial charge on any atom is -0.450 e. The van der Waals surface area contributed by atoms with E-state index < -0.39 is 6.09 Å². The minimum atomic E-state index is -0.492. The van der Waals surface area contributed by atoms with E-state index in [2.05, 4.69) is 15.0 Å². The lowest BCUT2D eigenvalue weighted by molar-refractivity contribution is 0.168. The molecule has 0 unspecified atom stereocenters. The second-order valence-electron chi connectivity index (χ2n) is 2.32. The Balaban J connectivity index is 2.54. The molecule has 1 aromatic rings. The molecule has 0 saturated heterocycles. The second-order valence-corrected chi connectivity index (χ2v) is 2.32. The van der Waals surface area contributed by atoms with E-state index in [9.17, 15) is 4.79 Å². The molecule has 70 valence electrons. The Labute approximate surface area is 75.9 Å². The molecule has 0 spiro atoms. The molecule has 3 N–H and O–H groups in total. The number of amides is 1. The molecule has 0 aliphatic rings. The zero-order chi connectivity index (χ0) is 9.68. The Morgan fingerprint density at radius 3 is 3.00 bits per heavy atom. The van der Waals surface area contributed by atoms with Crippen molar-refractivity contribution in [2.45, 2.75) is 6.92 Å². The molecule has 1 amide bonds. The number of nitrogens with zero attached hydrogens (tertiary/aromatic N) is 1. The Hall–Kier alpha value is -1.78. The quantitative estimate of drug-likeness (QED) is 0.719. The number of ether oxygens (including phenoxy) is 1. The van der Waals surface area contributed by atoms with Crippen LogP contribution in [0.15, 0.2) is 18.3 Å². The molecule has 0 fully saturated rings. The van der Waals surface area contributed by atoms with Crippen molar-refractivity contribution in [1.29, 1.82) is 0 Å². The molecule has 5 heteroatoms. The summed E-state index contributed by atoms with van der Waals surface area (Å²) in [7, 11) is 0. The van der Waals surface area contributed by atoms with Crippen LogP contribution in [0.25, 0.3) is 0 Å². The lowest BCUT2D eigenvalue weighted by Gasteiger charge is -2.03. The monoisotopic (exact) mass is 181 g/mol. The van der Waals surface area contributed by atoms with Crippen LogP contribution in [0.4, 0.5) is 16.3 Å². The van der Waals surface area contributed by atoms with Gasteiger partial charge in [-0.05, 0) is 19.1 Å². The van der Waals surface area contributed by atoms with E-state index in [-0.39, 0.29) is 0 Å². The number of nitrogens with one attached hydrogen (secondary N) is 1. The highest BCUT2D eigenvalue weighted by Crippen LogP contribution is 2.06. The van der Waals surface area contributed by atoms with Crippen LogP contribution in [0.3, 0.4) is 0 Å². The number of anilines is 2. The first-order chi connectivity index (χ1) is 6.22. The van der Waals surface area contributed by atoms with E-state index in [1.54, 1.807) is 19.1 Å². The van der Waals surface area contributed by atoms with Gasteiger partial charge in [-0.1, -0.05) is 0 Å². The second kappa shape index (κ2) is 4.30. The topological polar surface area (TPSA) is 77.2 Å². The molecular weight excluding hydrogens is 170 g/mol. The first-order valence-corrected chi connectivity index (χ1v) is 3.87. The van der Waals surface area contributed by atoms with Gasteiger partial charge in [0.25, 0.3) is 0 Å². The maximum Gasteiger partial charge on any atom is 0.411 e. The third kappa shape index (κ3) is 2.98. The highest BCUT2D eigenvalue weighted by Gasteiger charge is 2.00. The smallest absolute Gasteiger partial charge is 0.411 e. The van der Waals surface area contributed by atoms with Gasteiger partial charge < -0.3 is 10.5 Å². The summed E-state index contributed by atoms with van der Waals surface area (Å²) in [4.78, 5) is 14.7. The van der Waals surface area contributed by atoms with Crippen molar-refractivity contribution in [2.75, 3.05) is 17.7 Å². The fourth-order valence-corrected chi connectivity index (χ4v) is 0.764. The van der Waals surface area contributed by atoms with E-state index in [0.717, 1.165) is 0 Å². The fourth-order valence-electron chi connectivity index (χ4n) is 0.764. The van der Waals surface area contributed by atoms with Crippen molar-refractivity contribution >= 4 is 17.6 Å². The van der Waals surface area contributed by atoms with Gasteiger partial charge in [0.1, 0.15) is 5.82 Å². The Morgan fingerprint density at radius 2 is 2.46 bits per heavy atom. The molecule has 0 atom stereocenters. The van der Waals surface area contributed by atoms with Crippen molar-refractivity contribution in [3.05, 3.63) is 18.3 Å². The van der Waals surface area contributed by atoms with Gasteiger partial charge in [0, 0.05) is 0 Å². The Kier molecular flexibility index (Phi) is 3.08. The number of hydrogen-bond acceptors (Lipinski definition) is 4. The van der Waals surface area contributed by atoms with Gasteiger partial charge in [0.15, 0.2) is 0 Å². The summed E-state index contributed by atoms with van der Waals surface area (Å²) < 4.78 is 4.67. The lowest BCUT2D eigenvalue weighted by atomic mass is 10.4. The van der Waals surface area contributed by atoms with Crippen molar-refractivity contribution < 1.29 is 9.53 Å². The van der Waals surface area contributed by atoms with Gasteiger partial charge in [-0.15, -0.1) is 0 Å². The van der Waals surface area contributed by atoms with Crippen LogP contribution in [0.2, 0.25) is 0 Å².